The number of methoxy groups -OCH3 is 1. The van der Waals surface area contributed by atoms with E-state index in [4.69, 9.17) is 4.74 Å². The largest absolute Gasteiger partial charge is 0.465 e. The van der Waals surface area contributed by atoms with Crippen LogP contribution in [0.5, 0.6) is 0 Å². The van der Waals surface area contributed by atoms with Crippen LogP contribution in [-0.2, 0) is 11.2 Å². The van der Waals surface area contributed by atoms with Gasteiger partial charge in [-0.2, -0.15) is 0 Å². The number of esters is 1. The van der Waals surface area contributed by atoms with Gasteiger partial charge >= 0.3 is 12.0 Å². The van der Waals surface area contributed by atoms with Crippen molar-refractivity contribution in [2.75, 3.05) is 37.0 Å². The van der Waals surface area contributed by atoms with Gasteiger partial charge in [0.15, 0.2) is 0 Å². The summed E-state index contributed by atoms with van der Waals surface area (Å²) in [6.07, 6.45) is 6.44. The van der Waals surface area contributed by atoms with Crippen molar-refractivity contribution in [3.63, 3.8) is 0 Å². The second-order valence-corrected chi connectivity index (χ2v) is 6.41. The summed E-state index contributed by atoms with van der Waals surface area (Å²) in [7, 11) is 1.34. The van der Waals surface area contributed by atoms with Gasteiger partial charge < -0.3 is 20.3 Å². The molecule has 2 amide bonds. The van der Waals surface area contributed by atoms with Gasteiger partial charge in [-0.3, -0.25) is 4.98 Å². The van der Waals surface area contributed by atoms with Gasteiger partial charge in [-0.05, 0) is 49.1 Å². The highest BCUT2D eigenvalue weighted by atomic mass is 16.5. The minimum absolute atomic E-state index is 0.304. The summed E-state index contributed by atoms with van der Waals surface area (Å²) in [5, 5.41) is 5.73. The number of hydrogen-bond donors (Lipinski definition) is 2. The standard InChI is InChI=1S/C20H24N4O3/c1-27-19(25)16-6-7-18(24-11-2-3-12-24)17(13-16)23-20(26)22-10-8-15-5-4-9-21-14-15/h4-7,9,13-14H,2-3,8,10-12H2,1H3,(H2,22,23,26). The van der Waals surface area contributed by atoms with Gasteiger partial charge in [0.1, 0.15) is 0 Å². The highest BCUT2D eigenvalue weighted by molar-refractivity contribution is 5.97. The van der Waals surface area contributed by atoms with E-state index in [2.05, 4.69) is 20.5 Å². The molecule has 27 heavy (non-hydrogen) atoms. The summed E-state index contributed by atoms with van der Waals surface area (Å²) < 4.78 is 4.79. The summed E-state index contributed by atoms with van der Waals surface area (Å²) in [5.74, 6) is -0.428. The van der Waals surface area contributed by atoms with Gasteiger partial charge in [0.05, 0.1) is 24.0 Å². The topological polar surface area (TPSA) is 83.6 Å². The van der Waals surface area contributed by atoms with Gasteiger partial charge in [-0.15, -0.1) is 0 Å². The van der Waals surface area contributed by atoms with E-state index in [-0.39, 0.29) is 6.03 Å². The molecule has 0 unspecified atom stereocenters. The number of aromatic nitrogens is 1. The van der Waals surface area contributed by atoms with Crippen LogP contribution in [0.15, 0.2) is 42.7 Å². The zero-order valence-electron chi connectivity index (χ0n) is 15.4. The summed E-state index contributed by atoms with van der Waals surface area (Å²) in [5.41, 5.74) is 3.00. The lowest BCUT2D eigenvalue weighted by Crippen LogP contribution is -2.31. The van der Waals surface area contributed by atoms with Gasteiger partial charge in [-0.1, -0.05) is 6.07 Å². The molecule has 1 aliphatic heterocycles. The molecule has 1 fully saturated rings. The summed E-state index contributed by atoms with van der Waals surface area (Å²) in [6, 6.07) is 8.79. The fourth-order valence-electron chi connectivity index (χ4n) is 3.15. The molecule has 3 rings (SSSR count). The lowest BCUT2D eigenvalue weighted by Gasteiger charge is -2.22. The quantitative estimate of drug-likeness (QED) is 0.766. The number of nitrogens with one attached hydrogen (secondary N) is 2. The molecule has 2 aromatic rings. The predicted octanol–water partition coefficient (Wildman–Crippen LogP) is 2.83. The highest BCUT2D eigenvalue weighted by Crippen LogP contribution is 2.30. The second-order valence-electron chi connectivity index (χ2n) is 6.41. The fourth-order valence-corrected chi connectivity index (χ4v) is 3.15. The normalized spacial score (nSPS) is 13.3. The minimum atomic E-state index is -0.428. The maximum atomic E-state index is 12.3. The Bertz CT molecular complexity index is 789. The molecule has 1 aliphatic rings. The number of anilines is 2. The number of urea groups is 1. The number of carbonyl (C=O) groups is 2. The molecule has 2 N–H and O–H groups in total. The Morgan fingerprint density at radius 3 is 2.74 bits per heavy atom. The van der Waals surface area contributed by atoms with Gasteiger partial charge in [0.2, 0.25) is 0 Å². The monoisotopic (exact) mass is 368 g/mol. The van der Waals surface area contributed by atoms with Crippen molar-refractivity contribution in [1.29, 1.82) is 0 Å². The molecule has 2 heterocycles. The van der Waals surface area contributed by atoms with E-state index in [0.717, 1.165) is 37.2 Å². The van der Waals surface area contributed by atoms with E-state index in [1.165, 1.54) is 7.11 Å². The van der Waals surface area contributed by atoms with Crippen LogP contribution in [0.1, 0.15) is 28.8 Å². The Labute approximate surface area is 158 Å². The van der Waals surface area contributed by atoms with Gasteiger partial charge in [0, 0.05) is 32.0 Å². The van der Waals surface area contributed by atoms with Gasteiger partial charge in [-0.25, -0.2) is 9.59 Å². The zero-order valence-corrected chi connectivity index (χ0v) is 15.4. The van der Waals surface area contributed by atoms with Crippen LogP contribution in [0.25, 0.3) is 0 Å². The maximum absolute atomic E-state index is 12.3. The zero-order chi connectivity index (χ0) is 19.1. The van der Waals surface area contributed by atoms with Crippen LogP contribution in [0.4, 0.5) is 16.2 Å². The number of amides is 2. The summed E-state index contributed by atoms with van der Waals surface area (Å²) in [4.78, 5) is 30.5. The molecule has 0 atom stereocenters. The third-order valence-electron chi connectivity index (χ3n) is 4.53. The van der Waals surface area contributed by atoms with Crippen molar-refractivity contribution in [2.24, 2.45) is 0 Å². The Kier molecular flexibility index (Phi) is 6.25. The van der Waals surface area contributed by atoms with E-state index >= 15 is 0 Å². The molecule has 7 heteroatoms. The van der Waals surface area contributed by atoms with E-state index in [9.17, 15) is 9.59 Å². The third kappa shape index (κ3) is 4.97. The smallest absolute Gasteiger partial charge is 0.337 e. The molecular formula is C20H24N4O3. The molecular weight excluding hydrogens is 344 g/mol. The summed E-state index contributed by atoms with van der Waals surface area (Å²) >= 11 is 0. The molecule has 0 spiro atoms. The Morgan fingerprint density at radius 1 is 1.22 bits per heavy atom. The summed E-state index contributed by atoms with van der Waals surface area (Å²) in [6.45, 7) is 2.37. The van der Waals surface area contributed by atoms with E-state index < -0.39 is 5.97 Å². The van der Waals surface area contributed by atoms with Crippen LogP contribution in [0.3, 0.4) is 0 Å². The number of hydrogen-bond acceptors (Lipinski definition) is 5. The second kappa shape index (κ2) is 9.02. The molecule has 0 aliphatic carbocycles. The van der Waals surface area contributed by atoms with E-state index in [1.807, 2.05) is 18.2 Å². The number of nitrogens with zero attached hydrogens (tertiary/aromatic N) is 2. The van der Waals surface area contributed by atoms with E-state index in [0.29, 0.717) is 24.2 Å². The number of benzene rings is 1. The van der Waals surface area contributed by atoms with Crippen LogP contribution < -0.4 is 15.5 Å². The van der Waals surface area contributed by atoms with Crippen LogP contribution >= 0.6 is 0 Å². The Balaban J connectivity index is 1.67. The first-order valence-electron chi connectivity index (χ1n) is 9.08. The highest BCUT2D eigenvalue weighted by Gasteiger charge is 2.19. The van der Waals surface area contributed by atoms with Crippen molar-refractivity contribution in [2.45, 2.75) is 19.3 Å². The predicted molar refractivity (Wildman–Crippen MR) is 104 cm³/mol. The third-order valence-corrected chi connectivity index (χ3v) is 4.53. The van der Waals surface area contributed by atoms with Crippen molar-refractivity contribution in [3.05, 3.63) is 53.9 Å². The average molecular weight is 368 g/mol. The van der Waals surface area contributed by atoms with Crippen molar-refractivity contribution in [1.82, 2.24) is 10.3 Å². The number of carbonyl (C=O) groups excluding carboxylic acids is 2. The minimum Gasteiger partial charge on any atom is -0.465 e. The van der Waals surface area contributed by atoms with Crippen molar-refractivity contribution in [3.8, 4) is 0 Å². The number of rotatable bonds is 6. The van der Waals surface area contributed by atoms with Crippen LogP contribution in [0, 0.1) is 0 Å². The molecule has 1 aromatic carbocycles. The average Bonchev–Trinajstić information content (AvgIpc) is 3.22. The Morgan fingerprint density at radius 2 is 2.04 bits per heavy atom. The van der Waals surface area contributed by atoms with Crippen molar-refractivity contribution >= 4 is 23.4 Å². The molecule has 0 saturated carbocycles. The molecule has 1 saturated heterocycles. The lowest BCUT2D eigenvalue weighted by molar-refractivity contribution is 0.0600. The van der Waals surface area contributed by atoms with Crippen LogP contribution in [-0.4, -0.2) is 43.7 Å². The molecule has 0 bridgehead atoms. The van der Waals surface area contributed by atoms with E-state index in [1.54, 1.807) is 24.5 Å². The lowest BCUT2D eigenvalue weighted by atomic mass is 10.1. The fraction of sp³-hybridized carbons (Fsp3) is 0.350. The first-order valence-corrected chi connectivity index (χ1v) is 9.08. The molecule has 142 valence electrons. The maximum Gasteiger partial charge on any atom is 0.337 e. The van der Waals surface area contributed by atoms with Gasteiger partial charge in [0.25, 0.3) is 0 Å². The molecule has 1 aromatic heterocycles. The van der Waals surface area contributed by atoms with Crippen LogP contribution in [0.2, 0.25) is 0 Å². The number of ether oxygens (including phenoxy) is 1. The Hall–Kier alpha value is -3.09. The number of pyridine rings is 1. The molecule has 0 radical (unpaired) electrons. The first kappa shape index (κ1) is 18.7. The molecule has 7 nitrogen and oxygen atoms in total. The SMILES string of the molecule is COC(=O)c1ccc(N2CCCC2)c(NC(=O)NCCc2cccnc2)c1. The first-order chi connectivity index (χ1) is 13.2. The van der Waals surface area contributed by atoms with Crippen molar-refractivity contribution < 1.29 is 14.3 Å².